The standard InChI is InChI=1S/C12H7ClN2O2S2/c13-9-2-1-3-10(8(9)5-14)19-12-15-7(6-18-12)4-11(16)17/h1-3,6H,4H2,(H,16,17). The Labute approximate surface area is 122 Å². The molecule has 0 fully saturated rings. The Morgan fingerprint density at radius 3 is 3.05 bits per heavy atom. The van der Waals surface area contributed by atoms with Crippen molar-refractivity contribution in [2.75, 3.05) is 0 Å². The third-order valence-corrected chi connectivity index (χ3v) is 4.51. The van der Waals surface area contributed by atoms with Crippen LogP contribution >= 0.6 is 34.7 Å². The van der Waals surface area contributed by atoms with Crippen LogP contribution in [0.1, 0.15) is 11.3 Å². The summed E-state index contributed by atoms with van der Waals surface area (Å²) in [5.74, 6) is -0.915. The highest BCUT2D eigenvalue weighted by Crippen LogP contribution is 2.34. The summed E-state index contributed by atoms with van der Waals surface area (Å²) in [6.45, 7) is 0. The van der Waals surface area contributed by atoms with E-state index in [1.165, 1.54) is 23.1 Å². The van der Waals surface area contributed by atoms with Gasteiger partial charge in [0.2, 0.25) is 0 Å². The van der Waals surface area contributed by atoms with Crippen molar-refractivity contribution in [3.8, 4) is 6.07 Å². The molecule has 0 aliphatic heterocycles. The molecule has 0 amide bonds. The number of thiazole rings is 1. The summed E-state index contributed by atoms with van der Waals surface area (Å²) in [4.78, 5) is 15.5. The molecule has 2 aromatic rings. The van der Waals surface area contributed by atoms with Gasteiger partial charge < -0.3 is 5.11 Å². The summed E-state index contributed by atoms with van der Waals surface area (Å²) in [5.41, 5.74) is 0.921. The van der Waals surface area contributed by atoms with Crippen molar-refractivity contribution < 1.29 is 9.90 Å². The van der Waals surface area contributed by atoms with E-state index in [1.807, 2.05) is 0 Å². The van der Waals surface area contributed by atoms with Crippen LogP contribution in [0, 0.1) is 11.3 Å². The Hall–Kier alpha value is -1.55. The quantitative estimate of drug-likeness (QED) is 0.936. The van der Waals surface area contributed by atoms with Gasteiger partial charge in [-0.3, -0.25) is 4.79 Å². The summed E-state index contributed by atoms with van der Waals surface area (Å²) in [7, 11) is 0. The number of hydrogen-bond donors (Lipinski definition) is 1. The van der Waals surface area contributed by atoms with Gasteiger partial charge in [-0.2, -0.15) is 5.26 Å². The zero-order chi connectivity index (χ0) is 13.8. The number of aliphatic carboxylic acids is 1. The molecule has 0 atom stereocenters. The van der Waals surface area contributed by atoms with Gasteiger partial charge >= 0.3 is 5.97 Å². The maximum atomic E-state index is 10.6. The summed E-state index contributed by atoms with van der Waals surface area (Å²) >= 11 is 8.60. The molecule has 0 aliphatic carbocycles. The second-order valence-corrected chi connectivity index (χ2v) is 6.06. The van der Waals surface area contributed by atoms with Gasteiger partial charge in [-0.15, -0.1) is 11.3 Å². The Balaban J connectivity index is 2.22. The fourth-order valence-corrected chi connectivity index (χ4v) is 3.54. The lowest BCUT2D eigenvalue weighted by molar-refractivity contribution is -0.136. The van der Waals surface area contributed by atoms with Crippen LogP contribution in [-0.2, 0) is 11.2 Å². The summed E-state index contributed by atoms with van der Waals surface area (Å²) < 4.78 is 0.690. The molecule has 0 aliphatic rings. The van der Waals surface area contributed by atoms with Crippen molar-refractivity contribution in [3.63, 3.8) is 0 Å². The van der Waals surface area contributed by atoms with Crippen molar-refractivity contribution in [2.24, 2.45) is 0 Å². The third-order valence-electron chi connectivity index (χ3n) is 2.15. The molecule has 2 rings (SSSR count). The number of nitriles is 1. The molecule has 1 N–H and O–H groups in total. The number of carbonyl (C=O) groups is 1. The van der Waals surface area contributed by atoms with Gasteiger partial charge in [0.25, 0.3) is 0 Å². The number of halogens is 1. The molecule has 0 bridgehead atoms. The fraction of sp³-hybridized carbons (Fsp3) is 0.0833. The number of carboxylic acid groups (broad SMARTS) is 1. The summed E-state index contributed by atoms with van der Waals surface area (Å²) in [5, 5.41) is 19.8. The highest BCUT2D eigenvalue weighted by molar-refractivity contribution is 8.01. The monoisotopic (exact) mass is 310 g/mol. The first-order valence-electron chi connectivity index (χ1n) is 5.13. The number of aromatic nitrogens is 1. The van der Waals surface area contributed by atoms with Gasteiger partial charge in [0, 0.05) is 10.3 Å². The molecule has 0 radical (unpaired) electrons. The largest absolute Gasteiger partial charge is 0.481 e. The number of carboxylic acids is 1. The van der Waals surface area contributed by atoms with E-state index in [4.69, 9.17) is 22.0 Å². The minimum Gasteiger partial charge on any atom is -0.481 e. The van der Waals surface area contributed by atoms with Crippen molar-refractivity contribution in [1.82, 2.24) is 4.98 Å². The van der Waals surface area contributed by atoms with Gasteiger partial charge in [-0.1, -0.05) is 29.4 Å². The van der Waals surface area contributed by atoms with Gasteiger partial charge in [0.05, 0.1) is 22.7 Å². The minimum absolute atomic E-state index is 0.0995. The highest BCUT2D eigenvalue weighted by Gasteiger charge is 2.11. The second kappa shape index (κ2) is 6.06. The first-order chi connectivity index (χ1) is 9.10. The normalized spacial score (nSPS) is 10.1. The Morgan fingerprint density at radius 1 is 1.58 bits per heavy atom. The smallest absolute Gasteiger partial charge is 0.309 e. The van der Waals surface area contributed by atoms with Crippen LogP contribution in [0.2, 0.25) is 5.02 Å². The molecule has 0 saturated heterocycles. The maximum Gasteiger partial charge on any atom is 0.309 e. The summed E-state index contributed by atoms with van der Waals surface area (Å²) in [6.07, 6.45) is -0.0995. The topological polar surface area (TPSA) is 74.0 Å². The van der Waals surface area contributed by atoms with Crippen molar-refractivity contribution in [1.29, 1.82) is 5.26 Å². The van der Waals surface area contributed by atoms with E-state index < -0.39 is 5.97 Å². The first-order valence-corrected chi connectivity index (χ1v) is 7.20. The number of hydrogen-bond acceptors (Lipinski definition) is 5. The predicted octanol–water partition coefficient (Wildman–Crippen LogP) is 3.45. The zero-order valence-electron chi connectivity index (χ0n) is 9.46. The first kappa shape index (κ1) is 13.9. The van der Waals surface area contributed by atoms with Gasteiger partial charge in [0.1, 0.15) is 6.07 Å². The molecular weight excluding hydrogens is 304 g/mol. The van der Waals surface area contributed by atoms with E-state index >= 15 is 0 Å². The van der Waals surface area contributed by atoms with Gasteiger partial charge in [0.15, 0.2) is 4.34 Å². The number of nitrogens with zero attached hydrogens (tertiary/aromatic N) is 2. The Bertz CT molecular complexity index is 664. The molecule has 1 heterocycles. The lowest BCUT2D eigenvalue weighted by Crippen LogP contribution is -1.99. The molecule has 1 aromatic carbocycles. The molecule has 0 unspecified atom stereocenters. The summed E-state index contributed by atoms with van der Waals surface area (Å²) in [6, 6.07) is 7.25. The molecule has 7 heteroatoms. The molecular formula is C12H7ClN2O2S2. The van der Waals surface area contributed by atoms with Crippen LogP contribution in [0.4, 0.5) is 0 Å². The van der Waals surface area contributed by atoms with E-state index in [1.54, 1.807) is 23.6 Å². The highest BCUT2D eigenvalue weighted by atomic mass is 35.5. The lowest BCUT2D eigenvalue weighted by Gasteiger charge is -2.02. The molecule has 96 valence electrons. The second-order valence-electron chi connectivity index (χ2n) is 3.50. The van der Waals surface area contributed by atoms with Crippen LogP contribution < -0.4 is 0 Å². The van der Waals surface area contributed by atoms with E-state index in [2.05, 4.69) is 11.1 Å². The number of benzene rings is 1. The van der Waals surface area contributed by atoms with E-state index in [9.17, 15) is 4.79 Å². The molecule has 4 nitrogen and oxygen atoms in total. The third kappa shape index (κ3) is 3.47. The molecule has 0 saturated carbocycles. The fourth-order valence-electron chi connectivity index (χ4n) is 1.36. The van der Waals surface area contributed by atoms with Crippen LogP contribution in [0.15, 0.2) is 32.8 Å². The molecule has 0 spiro atoms. The average Bonchev–Trinajstić information content (AvgIpc) is 2.76. The van der Waals surface area contributed by atoms with Gasteiger partial charge in [-0.05, 0) is 12.1 Å². The van der Waals surface area contributed by atoms with Crippen LogP contribution in [0.5, 0.6) is 0 Å². The Kier molecular flexibility index (Phi) is 4.43. The van der Waals surface area contributed by atoms with Crippen LogP contribution in [-0.4, -0.2) is 16.1 Å². The predicted molar refractivity (Wildman–Crippen MR) is 73.7 cm³/mol. The zero-order valence-corrected chi connectivity index (χ0v) is 11.8. The molecule has 19 heavy (non-hydrogen) atoms. The molecule has 1 aromatic heterocycles. The SMILES string of the molecule is N#Cc1c(Cl)cccc1Sc1nc(CC(=O)O)cs1. The van der Waals surface area contributed by atoms with Crippen LogP contribution in [0.25, 0.3) is 0 Å². The van der Waals surface area contributed by atoms with Crippen molar-refractivity contribution in [2.45, 2.75) is 15.7 Å². The van der Waals surface area contributed by atoms with Crippen molar-refractivity contribution in [3.05, 3.63) is 39.9 Å². The van der Waals surface area contributed by atoms with Gasteiger partial charge in [-0.25, -0.2) is 4.98 Å². The lowest BCUT2D eigenvalue weighted by atomic mass is 10.2. The van der Waals surface area contributed by atoms with Crippen LogP contribution in [0.3, 0.4) is 0 Å². The van der Waals surface area contributed by atoms with Crippen molar-refractivity contribution >= 4 is 40.7 Å². The Morgan fingerprint density at radius 2 is 2.37 bits per heavy atom. The van der Waals surface area contributed by atoms with E-state index in [-0.39, 0.29) is 6.42 Å². The average molecular weight is 311 g/mol. The minimum atomic E-state index is -0.915. The maximum absolute atomic E-state index is 10.6. The number of rotatable bonds is 4. The van der Waals surface area contributed by atoms with E-state index in [0.29, 0.717) is 25.5 Å². The van der Waals surface area contributed by atoms with E-state index in [0.717, 1.165) is 0 Å².